The van der Waals surface area contributed by atoms with Gasteiger partial charge in [-0.25, -0.2) is 4.99 Å². The van der Waals surface area contributed by atoms with E-state index in [-0.39, 0.29) is 23.3 Å². The van der Waals surface area contributed by atoms with Crippen LogP contribution in [0.3, 0.4) is 0 Å². The molecule has 3 heterocycles. The van der Waals surface area contributed by atoms with Crippen molar-refractivity contribution in [3.8, 4) is 0 Å². The van der Waals surface area contributed by atoms with Crippen LogP contribution < -0.4 is 5.32 Å². The van der Waals surface area contributed by atoms with Crippen LogP contribution in [-0.4, -0.2) is 48.7 Å². The Hall–Kier alpha value is -1.85. The SMILES string of the molecule is [2H]c1c([2H])c([2H])c2c(c1[2H])N=C(N1C([2H])([2H])CN(C([2H])([2H])[2H])CC1([2H])[2H])c1cc(C)sc1N2. The van der Waals surface area contributed by atoms with Crippen LogP contribution in [0.5, 0.6) is 0 Å². The van der Waals surface area contributed by atoms with Crippen LogP contribution in [0.25, 0.3) is 0 Å². The molecule has 114 valence electrons. The molecule has 0 unspecified atom stereocenters. The van der Waals surface area contributed by atoms with E-state index in [4.69, 9.17) is 15.1 Å². The average molecular weight is 324 g/mol. The predicted molar refractivity (Wildman–Crippen MR) is 94.0 cm³/mol. The number of para-hydroxylation sites is 2. The maximum atomic E-state index is 8.57. The normalized spacial score (nSPS) is 30.5. The molecule has 0 atom stereocenters. The summed E-state index contributed by atoms with van der Waals surface area (Å²) >= 11 is 1.25. The maximum Gasteiger partial charge on any atom is 0.139 e. The van der Waals surface area contributed by atoms with Crippen molar-refractivity contribution in [2.45, 2.75) is 6.92 Å². The summed E-state index contributed by atoms with van der Waals surface area (Å²) in [6.45, 7) is -7.15. The van der Waals surface area contributed by atoms with Crippen LogP contribution in [0, 0.1) is 6.92 Å². The first-order chi connectivity index (χ1) is 15.0. The van der Waals surface area contributed by atoms with E-state index in [1.807, 2.05) is 0 Å². The van der Waals surface area contributed by atoms with Crippen molar-refractivity contribution in [3.63, 3.8) is 0 Å². The molecule has 2 aromatic rings. The highest BCUT2D eigenvalue weighted by Crippen LogP contribution is 2.39. The number of fused-ring (bicyclic) bond motifs is 2. The molecule has 2 aliphatic rings. The van der Waals surface area contributed by atoms with Crippen LogP contribution in [0.1, 0.15) is 25.5 Å². The monoisotopic (exact) mass is 323 g/mol. The number of nitrogens with zero attached hydrogens (tertiary/aromatic N) is 3. The number of aryl methyl sites for hydroxylation is 1. The van der Waals surface area contributed by atoms with Crippen LogP contribution in [0.4, 0.5) is 16.4 Å². The van der Waals surface area contributed by atoms with Gasteiger partial charge in [0, 0.05) is 35.1 Å². The summed E-state index contributed by atoms with van der Waals surface area (Å²) in [5.74, 6) is -0.175. The van der Waals surface area contributed by atoms with Crippen molar-refractivity contribution < 1.29 is 15.1 Å². The summed E-state index contributed by atoms with van der Waals surface area (Å²) in [4.78, 5) is 6.72. The third-order valence-corrected chi connectivity index (χ3v) is 4.24. The quantitative estimate of drug-likeness (QED) is 0.806. The van der Waals surface area contributed by atoms with Crippen molar-refractivity contribution in [2.75, 3.05) is 38.4 Å². The number of thiophene rings is 1. The van der Waals surface area contributed by atoms with E-state index in [0.717, 1.165) is 14.7 Å². The highest BCUT2D eigenvalue weighted by atomic mass is 32.1. The average Bonchev–Trinajstić information content (AvgIpc) is 2.96. The second kappa shape index (κ2) is 5.41. The molecular weight excluding hydrogens is 292 g/mol. The molecule has 5 heteroatoms. The van der Waals surface area contributed by atoms with Gasteiger partial charge < -0.3 is 15.1 Å². The summed E-state index contributed by atoms with van der Waals surface area (Å²) in [6.07, 6.45) is 0. The number of hydrogen-bond acceptors (Lipinski definition) is 5. The van der Waals surface area contributed by atoms with Crippen molar-refractivity contribution in [3.05, 3.63) is 40.7 Å². The van der Waals surface area contributed by atoms with Gasteiger partial charge in [0.15, 0.2) is 0 Å². The van der Waals surface area contributed by atoms with Gasteiger partial charge >= 0.3 is 0 Å². The van der Waals surface area contributed by atoms with Gasteiger partial charge in [-0.05, 0) is 32.1 Å². The van der Waals surface area contributed by atoms with E-state index >= 15 is 0 Å². The zero-order chi connectivity index (χ0) is 24.7. The largest absolute Gasteiger partial charge is 0.353 e. The molecule has 2 aliphatic heterocycles. The Morgan fingerprint density at radius 1 is 1.36 bits per heavy atom. The van der Waals surface area contributed by atoms with Gasteiger partial charge in [0.1, 0.15) is 10.8 Å². The van der Waals surface area contributed by atoms with Gasteiger partial charge in [-0.1, -0.05) is 12.1 Å². The fourth-order valence-corrected chi connectivity index (χ4v) is 3.19. The Kier molecular flexibility index (Phi) is 1.56. The summed E-state index contributed by atoms with van der Waals surface area (Å²) < 4.78 is 89.7. The zero-order valence-corrected chi connectivity index (χ0v) is 12.6. The molecule has 0 spiro atoms. The summed E-state index contributed by atoms with van der Waals surface area (Å²) in [5.41, 5.74) is 0.142. The molecular formula is C17H20N4S. The van der Waals surface area contributed by atoms with Crippen molar-refractivity contribution in [2.24, 2.45) is 4.99 Å². The van der Waals surface area contributed by atoms with Gasteiger partial charge in [-0.2, -0.15) is 0 Å². The number of nitrogens with one attached hydrogen (secondary N) is 1. The van der Waals surface area contributed by atoms with Gasteiger partial charge in [0.05, 0.1) is 27.9 Å². The van der Waals surface area contributed by atoms with E-state index in [0.29, 0.717) is 10.6 Å². The van der Waals surface area contributed by atoms with Gasteiger partial charge in [-0.15, -0.1) is 11.3 Å². The number of piperazine rings is 1. The van der Waals surface area contributed by atoms with Gasteiger partial charge in [-0.3, -0.25) is 0 Å². The minimum absolute atomic E-state index is 0.00125. The van der Waals surface area contributed by atoms with Gasteiger partial charge in [0.25, 0.3) is 0 Å². The standard InChI is InChI=1S/C17H20N4S/c1-12-11-13-16(21-9-7-20(2)8-10-21)18-14-5-3-4-6-15(14)19-17(13)22-12/h3-6,11,19H,7-10H2,1-2H3/i2D3,3D,4D,5D,6D,9D2,10D2. The Labute approximate surface area is 150 Å². The van der Waals surface area contributed by atoms with Crippen LogP contribution in [0.15, 0.2) is 35.2 Å². The molecule has 0 aliphatic carbocycles. The molecule has 0 bridgehead atoms. The minimum atomic E-state index is -2.70. The number of hydrogen-bond donors (Lipinski definition) is 1. The second-order valence-corrected chi connectivity index (χ2v) is 6.15. The van der Waals surface area contributed by atoms with Crippen molar-refractivity contribution >= 4 is 33.5 Å². The number of anilines is 2. The predicted octanol–water partition coefficient (Wildman–Crippen LogP) is 3.44. The first-order valence-corrected chi connectivity index (χ1v) is 7.48. The zero-order valence-electron chi connectivity index (χ0n) is 22.7. The minimum Gasteiger partial charge on any atom is -0.353 e. The number of rotatable bonds is 0. The van der Waals surface area contributed by atoms with Crippen LogP contribution in [0.2, 0.25) is 0 Å². The molecule has 0 amide bonds. The first kappa shape index (κ1) is 6.34. The molecule has 4 rings (SSSR count). The highest BCUT2D eigenvalue weighted by molar-refractivity contribution is 7.16. The molecule has 4 nitrogen and oxygen atoms in total. The summed E-state index contributed by atoms with van der Waals surface area (Å²) in [6, 6.07) is -0.132. The summed E-state index contributed by atoms with van der Waals surface area (Å²) in [7, 11) is 0. The molecule has 0 saturated carbocycles. The number of aliphatic imine (C=N–C) groups is 1. The third-order valence-electron chi connectivity index (χ3n) is 3.27. The number of amidine groups is 1. The molecule has 1 N–H and O–H groups in total. The van der Waals surface area contributed by atoms with E-state index in [1.54, 1.807) is 13.0 Å². The molecule has 1 fully saturated rings. The Morgan fingerprint density at radius 3 is 3.00 bits per heavy atom. The third kappa shape index (κ3) is 2.40. The fraction of sp³-hybridized carbons (Fsp3) is 0.353. The maximum absolute atomic E-state index is 8.57. The lowest BCUT2D eigenvalue weighted by Crippen LogP contribution is -2.47. The van der Waals surface area contributed by atoms with Crippen LogP contribution in [-0.2, 0) is 0 Å². The molecule has 22 heavy (non-hydrogen) atoms. The van der Waals surface area contributed by atoms with Gasteiger partial charge in [0.2, 0.25) is 0 Å². The lowest BCUT2D eigenvalue weighted by molar-refractivity contribution is 0.216. The Morgan fingerprint density at radius 2 is 2.18 bits per heavy atom. The smallest absolute Gasteiger partial charge is 0.139 e. The molecule has 0 radical (unpaired) electrons. The lowest BCUT2D eigenvalue weighted by Gasteiger charge is -2.34. The fourth-order valence-electron chi connectivity index (χ4n) is 2.28. The van der Waals surface area contributed by atoms with E-state index in [9.17, 15) is 0 Å². The number of benzene rings is 1. The van der Waals surface area contributed by atoms with Crippen molar-refractivity contribution in [1.29, 1.82) is 0 Å². The first-order valence-electron chi connectivity index (χ1n) is 12.2. The molecule has 1 saturated heterocycles. The Bertz CT molecular complexity index is 1150. The second-order valence-electron chi connectivity index (χ2n) is 4.89. The number of likely N-dealkylation sites (N-methyl/N-ethyl adjacent to an activating group) is 1. The highest BCUT2D eigenvalue weighted by Gasteiger charge is 2.25. The van der Waals surface area contributed by atoms with E-state index in [1.165, 1.54) is 11.3 Å². The van der Waals surface area contributed by atoms with E-state index in [2.05, 4.69) is 10.3 Å². The molecule has 1 aromatic heterocycles. The topological polar surface area (TPSA) is 30.9 Å². The van der Waals surface area contributed by atoms with Crippen molar-refractivity contribution in [1.82, 2.24) is 9.80 Å². The van der Waals surface area contributed by atoms with Crippen LogP contribution >= 0.6 is 11.3 Å². The van der Waals surface area contributed by atoms with E-state index < -0.39 is 51.2 Å². The summed E-state index contributed by atoms with van der Waals surface area (Å²) in [5, 5.41) is 3.40. The lowest BCUT2D eigenvalue weighted by atomic mass is 10.2. The Balaban J connectivity index is 1.99. The molecule has 1 aromatic carbocycles.